The Morgan fingerprint density at radius 2 is 2.00 bits per heavy atom. The number of methoxy groups -OCH3 is 1. The average Bonchev–Trinajstić information content (AvgIpc) is 3.13. The standard InChI is InChI=1S/C21H24ClNOS/c1-14-8-10-19(23-21(14)24-2)17(12-15-6-4-5-7-15)16-9-11-20(25-3)18(22)13-16/h8-13,15H,4-7H2,1-3H3/b17-12-. The summed E-state index contributed by atoms with van der Waals surface area (Å²) in [6.07, 6.45) is 9.56. The molecule has 132 valence electrons. The number of aromatic nitrogens is 1. The predicted molar refractivity (Wildman–Crippen MR) is 108 cm³/mol. The van der Waals surface area contributed by atoms with E-state index in [4.69, 9.17) is 21.3 Å². The van der Waals surface area contributed by atoms with Crippen LogP contribution in [0.2, 0.25) is 5.02 Å². The van der Waals surface area contributed by atoms with Gasteiger partial charge in [-0.05, 0) is 55.7 Å². The highest BCUT2D eigenvalue weighted by Gasteiger charge is 2.17. The molecule has 1 aliphatic rings. The number of hydrogen-bond acceptors (Lipinski definition) is 3. The topological polar surface area (TPSA) is 22.1 Å². The number of hydrogen-bond donors (Lipinski definition) is 0. The highest BCUT2D eigenvalue weighted by Crippen LogP contribution is 2.35. The van der Waals surface area contributed by atoms with Gasteiger partial charge in [0.15, 0.2) is 0 Å². The van der Waals surface area contributed by atoms with Crippen LogP contribution in [-0.2, 0) is 0 Å². The van der Waals surface area contributed by atoms with E-state index in [1.54, 1.807) is 18.9 Å². The Bertz CT molecular complexity index is 781. The molecule has 3 rings (SSSR count). The van der Waals surface area contributed by atoms with Crippen LogP contribution in [0.15, 0.2) is 41.3 Å². The maximum absolute atomic E-state index is 6.47. The van der Waals surface area contributed by atoms with Crippen LogP contribution in [0.1, 0.15) is 42.5 Å². The van der Waals surface area contributed by atoms with Crippen LogP contribution < -0.4 is 4.74 Å². The molecule has 0 saturated heterocycles. The molecule has 0 unspecified atom stereocenters. The zero-order valence-electron chi connectivity index (χ0n) is 15.0. The summed E-state index contributed by atoms with van der Waals surface area (Å²) in [5.41, 5.74) is 4.26. The van der Waals surface area contributed by atoms with Crippen LogP contribution in [0, 0.1) is 12.8 Å². The van der Waals surface area contributed by atoms with Gasteiger partial charge < -0.3 is 4.74 Å². The maximum Gasteiger partial charge on any atom is 0.216 e. The lowest BCUT2D eigenvalue weighted by Crippen LogP contribution is -1.99. The quantitative estimate of drug-likeness (QED) is 0.566. The number of pyridine rings is 1. The molecule has 4 heteroatoms. The van der Waals surface area contributed by atoms with Gasteiger partial charge in [-0.2, -0.15) is 0 Å². The summed E-state index contributed by atoms with van der Waals surface area (Å²) in [5, 5.41) is 0.793. The summed E-state index contributed by atoms with van der Waals surface area (Å²) in [4.78, 5) is 5.84. The molecule has 0 spiro atoms. The van der Waals surface area contributed by atoms with Gasteiger partial charge in [0, 0.05) is 16.0 Å². The van der Waals surface area contributed by atoms with Crippen LogP contribution in [0.5, 0.6) is 5.88 Å². The first kappa shape index (κ1) is 18.3. The minimum absolute atomic E-state index is 0.614. The van der Waals surface area contributed by atoms with Crippen molar-refractivity contribution >= 4 is 28.9 Å². The molecular formula is C21H24ClNOS. The minimum atomic E-state index is 0.614. The van der Waals surface area contributed by atoms with Crippen molar-refractivity contribution in [1.82, 2.24) is 4.98 Å². The van der Waals surface area contributed by atoms with E-state index in [2.05, 4.69) is 36.4 Å². The van der Waals surface area contributed by atoms with Gasteiger partial charge in [-0.15, -0.1) is 11.8 Å². The lowest BCUT2D eigenvalue weighted by molar-refractivity contribution is 0.394. The normalized spacial score (nSPS) is 15.6. The fraction of sp³-hybridized carbons (Fsp3) is 0.381. The molecule has 0 bridgehead atoms. The molecule has 1 aromatic heterocycles. The van der Waals surface area contributed by atoms with Crippen molar-refractivity contribution in [2.24, 2.45) is 5.92 Å². The fourth-order valence-electron chi connectivity index (χ4n) is 3.39. The van der Waals surface area contributed by atoms with E-state index in [1.165, 1.54) is 25.7 Å². The number of nitrogens with zero attached hydrogens (tertiary/aromatic N) is 1. The molecule has 1 saturated carbocycles. The molecule has 2 nitrogen and oxygen atoms in total. The Labute approximate surface area is 159 Å². The third kappa shape index (κ3) is 4.21. The molecule has 2 aromatic rings. The highest BCUT2D eigenvalue weighted by atomic mass is 35.5. The second kappa shape index (κ2) is 8.29. The monoisotopic (exact) mass is 373 g/mol. The number of thioether (sulfide) groups is 1. The summed E-state index contributed by atoms with van der Waals surface area (Å²) in [6.45, 7) is 2.01. The van der Waals surface area contributed by atoms with Gasteiger partial charge >= 0.3 is 0 Å². The van der Waals surface area contributed by atoms with E-state index in [1.807, 2.05) is 13.2 Å². The molecule has 25 heavy (non-hydrogen) atoms. The maximum atomic E-state index is 6.47. The first-order valence-electron chi connectivity index (χ1n) is 8.70. The van der Waals surface area contributed by atoms with E-state index < -0.39 is 0 Å². The van der Waals surface area contributed by atoms with Crippen LogP contribution in [0.25, 0.3) is 5.57 Å². The van der Waals surface area contributed by atoms with Crippen LogP contribution in [0.3, 0.4) is 0 Å². The third-order valence-corrected chi connectivity index (χ3v) is 6.01. The first-order chi connectivity index (χ1) is 12.1. The molecular weight excluding hydrogens is 350 g/mol. The second-order valence-corrected chi connectivity index (χ2v) is 7.75. The molecule has 1 aromatic carbocycles. The fourth-order valence-corrected chi connectivity index (χ4v) is 4.26. The SMILES string of the molecule is COc1nc(/C(=C\C2CCCC2)c2ccc(SC)c(Cl)c2)ccc1C. The molecule has 0 N–H and O–H groups in total. The smallest absolute Gasteiger partial charge is 0.216 e. The van der Waals surface area contributed by atoms with E-state index in [0.29, 0.717) is 11.8 Å². The van der Waals surface area contributed by atoms with E-state index in [0.717, 1.165) is 32.3 Å². The van der Waals surface area contributed by atoms with Crippen molar-refractivity contribution in [2.45, 2.75) is 37.5 Å². The Kier molecular flexibility index (Phi) is 6.08. The van der Waals surface area contributed by atoms with Gasteiger partial charge in [0.1, 0.15) is 0 Å². The minimum Gasteiger partial charge on any atom is -0.481 e. The lowest BCUT2D eigenvalue weighted by Gasteiger charge is -2.14. The average molecular weight is 374 g/mol. The highest BCUT2D eigenvalue weighted by molar-refractivity contribution is 7.98. The molecule has 1 aliphatic carbocycles. The number of benzene rings is 1. The summed E-state index contributed by atoms with van der Waals surface area (Å²) >= 11 is 8.13. The van der Waals surface area contributed by atoms with Crippen molar-refractivity contribution in [3.05, 3.63) is 58.3 Å². The first-order valence-corrected chi connectivity index (χ1v) is 10.3. The zero-order chi connectivity index (χ0) is 17.8. The largest absolute Gasteiger partial charge is 0.481 e. The number of rotatable bonds is 5. The van der Waals surface area contributed by atoms with E-state index >= 15 is 0 Å². The van der Waals surface area contributed by atoms with E-state index in [9.17, 15) is 0 Å². The molecule has 1 fully saturated rings. The molecule has 0 atom stereocenters. The number of allylic oxidation sites excluding steroid dienone is 1. The lowest BCUT2D eigenvalue weighted by atomic mass is 9.96. The molecule has 1 heterocycles. The summed E-state index contributed by atoms with van der Waals surface area (Å²) < 4.78 is 5.43. The second-order valence-electron chi connectivity index (χ2n) is 6.50. The van der Waals surface area contributed by atoms with Crippen molar-refractivity contribution in [2.75, 3.05) is 13.4 Å². The van der Waals surface area contributed by atoms with Crippen LogP contribution in [-0.4, -0.2) is 18.3 Å². The zero-order valence-corrected chi connectivity index (χ0v) is 16.6. The summed E-state index contributed by atoms with van der Waals surface area (Å²) in [5.74, 6) is 1.30. The number of aryl methyl sites for hydroxylation is 1. The number of ether oxygens (including phenoxy) is 1. The van der Waals surface area contributed by atoms with Crippen molar-refractivity contribution in [1.29, 1.82) is 0 Å². The Balaban J connectivity index is 2.08. The van der Waals surface area contributed by atoms with Crippen molar-refractivity contribution < 1.29 is 4.74 Å². The van der Waals surface area contributed by atoms with Crippen molar-refractivity contribution in [3.63, 3.8) is 0 Å². The van der Waals surface area contributed by atoms with Gasteiger partial charge in [-0.3, -0.25) is 0 Å². The Hall–Kier alpha value is -1.45. The van der Waals surface area contributed by atoms with Gasteiger partial charge in [0.2, 0.25) is 5.88 Å². The summed E-state index contributed by atoms with van der Waals surface area (Å²) in [7, 11) is 1.67. The molecule has 0 radical (unpaired) electrons. The summed E-state index contributed by atoms with van der Waals surface area (Å²) in [6, 6.07) is 10.4. The van der Waals surface area contributed by atoms with Gasteiger partial charge in [0.05, 0.1) is 17.8 Å². The number of halogens is 1. The Morgan fingerprint density at radius 3 is 2.64 bits per heavy atom. The van der Waals surface area contributed by atoms with Crippen LogP contribution >= 0.6 is 23.4 Å². The Morgan fingerprint density at radius 1 is 1.24 bits per heavy atom. The third-order valence-electron chi connectivity index (χ3n) is 4.78. The van der Waals surface area contributed by atoms with Gasteiger partial charge in [-0.25, -0.2) is 4.98 Å². The van der Waals surface area contributed by atoms with E-state index in [-0.39, 0.29) is 0 Å². The van der Waals surface area contributed by atoms with Crippen LogP contribution in [0.4, 0.5) is 0 Å². The van der Waals surface area contributed by atoms with Crippen molar-refractivity contribution in [3.8, 4) is 5.88 Å². The van der Waals surface area contributed by atoms with Gasteiger partial charge in [0.25, 0.3) is 0 Å². The predicted octanol–water partition coefficient (Wildman–Crippen LogP) is 6.40. The van der Waals surface area contributed by atoms with Gasteiger partial charge in [-0.1, -0.05) is 42.7 Å². The molecule has 0 aliphatic heterocycles. The molecule has 0 amide bonds.